The zero-order valence-corrected chi connectivity index (χ0v) is 33.1. The number of hydrogen-bond acceptors (Lipinski definition) is 1. The van der Waals surface area contributed by atoms with Crippen molar-refractivity contribution in [2.45, 2.75) is 32.1 Å². The van der Waals surface area contributed by atoms with Gasteiger partial charge < -0.3 is 4.90 Å². The minimum absolute atomic E-state index is 0.00445. The first-order chi connectivity index (χ1) is 28.5. The smallest absolute Gasteiger partial charge is 0.0468 e. The third-order valence-electron chi connectivity index (χ3n) is 12.2. The van der Waals surface area contributed by atoms with Crippen LogP contribution in [0.3, 0.4) is 0 Å². The van der Waals surface area contributed by atoms with E-state index in [-0.39, 0.29) is 5.41 Å². The first kappa shape index (κ1) is 35.5. The van der Waals surface area contributed by atoms with Crippen LogP contribution in [0, 0.1) is 0 Å². The van der Waals surface area contributed by atoms with Crippen LogP contribution < -0.4 is 4.90 Å². The number of nitrogens with zero attached hydrogens (tertiary/aromatic N) is 1. The maximum atomic E-state index is 2.44. The minimum atomic E-state index is 0.00445. The van der Waals surface area contributed by atoms with E-state index >= 15 is 0 Å². The Morgan fingerprint density at radius 1 is 0.379 bits per heavy atom. The van der Waals surface area contributed by atoms with Gasteiger partial charge in [0.2, 0.25) is 0 Å². The van der Waals surface area contributed by atoms with Gasteiger partial charge in [-0.1, -0.05) is 184 Å². The van der Waals surface area contributed by atoms with Gasteiger partial charge in [-0.3, -0.25) is 0 Å². The Hall–Kier alpha value is -6.96. The molecule has 278 valence electrons. The molecule has 0 atom stereocenters. The van der Waals surface area contributed by atoms with E-state index in [4.69, 9.17) is 0 Å². The summed E-state index contributed by atoms with van der Waals surface area (Å²) in [6, 6.07) is 73.1. The van der Waals surface area contributed by atoms with Gasteiger partial charge in [0.05, 0.1) is 0 Å². The molecule has 8 aromatic carbocycles. The number of allylic oxidation sites excluding steroid dienone is 4. The third-order valence-corrected chi connectivity index (χ3v) is 12.2. The van der Waals surface area contributed by atoms with Gasteiger partial charge in [0.15, 0.2) is 0 Å². The van der Waals surface area contributed by atoms with E-state index in [9.17, 15) is 0 Å². The van der Waals surface area contributed by atoms with Crippen LogP contribution in [0.25, 0.3) is 61.2 Å². The van der Waals surface area contributed by atoms with E-state index in [0.29, 0.717) is 0 Å². The maximum Gasteiger partial charge on any atom is 0.0468 e. The molecule has 0 unspecified atom stereocenters. The fourth-order valence-electron chi connectivity index (χ4n) is 9.21. The number of benzene rings is 8. The standard InChI is InChI=1S/C57H45N/c1-57(2)55-25-15-14-24-52(55)53-36-30-45(38-56(53)57)42-28-33-47(34-29-42)58(46-31-26-41(27-32-46)40-16-6-3-7-17-40)48-35-37-51(54(39-48)44-20-10-5-11-21-44)50-23-13-12-22-49(50)43-18-8-4-9-19-43/h3-13,15-23,25-39H,14,24H2,1-2H3. The molecule has 0 saturated carbocycles. The highest BCUT2D eigenvalue weighted by atomic mass is 15.1. The summed E-state index contributed by atoms with van der Waals surface area (Å²) in [5.41, 5.74) is 21.3. The summed E-state index contributed by atoms with van der Waals surface area (Å²) >= 11 is 0. The van der Waals surface area contributed by atoms with E-state index in [0.717, 1.165) is 29.9 Å². The highest BCUT2D eigenvalue weighted by Crippen LogP contribution is 2.51. The Labute approximate surface area is 342 Å². The highest BCUT2D eigenvalue weighted by Gasteiger charge is 2.37. The lowest BCUT2D eigenvalue weighted by molar-refractivity contribution is 0.651. The Bertz CT molecular complexity index is 2810. The molecule has 0 heterocycles. The van der Waals surface area contributed by atoms with Gasteiger partial charge in [-0.25, -0.2) is 0 Å². The van der Waals surface area contributed by atoms with Crippen LogP contribution in [0.2, 0.25) is 0 Å². The topological polar surface area (TPSA) is 3.24 Å². The normalized spacial score (nSPS) is 13.9. The van der Waals surface area contributed by atoms with Gasteiger partial charge in [0.25, 0.3) is 0 Å². The van der Waals surface area contributed by atoms with E-state index in [1.54, 1.807) is 0 Å². The Kier molecular flexibility index (Phi) is 9.07. The number of fused-ring (bicyclic) bond motifs is 2. The predicted molar refractivity (Wildman–Crippen MR) is 247 cm³/mol. The molecule has 2 aliphatic carbocycles. The van der Waals surface area contributed by atoms with E-state index in [2.05, 4.69) is 231 Å². The van der Waals surface area contributed by atoms with Gasteiger partial charge in [-0.15, -0.1) is 0 Å². The summed E-state index contributed by atoms with van der Waals surface area (Å²) in [5, 5.41) is 0. The van der Waals surface area contributed by atoms with Crippen molar-refractivity contribution in [3.8, 4) is 55.6 Å². The minimum Gasteiger partial charge on any atom is -0.310 e. The second-order valence-electron chi connectivity index (χ2n) is 16.0. The quantitative estimate of drug-likeness (QED) is 0.150. The van der Waals surface area contributed by atoms with Gasteiger partial charge in [-0.2, -0.15) is 0 Å². The van der Waals surface area contributed by atoms with Crippen molar-refractivity contribution in [1.82, 2.24) is 0 Å². The molecule has 10 rings (SSSR count). The molecule has 0 bridgehead atoms. The molecule has 0 radical (unpaired) electrons. The van der Waals surface area contributed by atoms with Crippen molar-refractivity contribution in [3.05, 3.63) is 229 Å². The van der Waals surface area contributed by atoms with Gasteiger partial charge in [-0.05, 0) is 133 Å². The zero-order valence-electron chi connectivity index (χ0n) is 33.1. The van der Waals surface area contributed by atoms with Gasteiger partial charge in [0.1, 0.15) is 0 Å². The fraction of sp³-hybridized carbons (Fsp3) is 0.0877. The summed E-state index contributed by atoms with van der Waals surface area (Å²) in [7, 11) is 0. The molecule has 0 amide bonds. The molecule has 0 saturated heterocycles. The van der Waals surface area contributed by atoms with Crippen molar-refractivity contribution >= 4 is 22.6 Å². The zero-order chi connectivity index (χ0) is 39.1. The van der Waals surface area contributed by atoms with Crippen molar-refractivity contribution in [1.29, 1.82) is 0 Å². The lowest BCUT2D eigenvalue weighted by atomic mass is 9.79. The first-order valence-corrected chi connectivity index (χ1v) is 20.5. The summed E-state index contributed by atoms with van der Waals surface area (Å²) in [5.74, 6) is 0. The van der Waals surface area contributed by atoms with Crippen LogP contribution in [-0.4, -0.2) is 0 Å². The number of anilines is 3. The van der Waals surface area contributed by atoms with Crippen LogP contribution in [0.4, 0.5) is 17.1 Å². The number of rotatable bonds is 8. The molecular weight excluding hydrogens is 699 g/mol. The second-order valence-corrected chi connectivity index (χ2v) is 16.0. The molecule has 1 nitrogen and oxygen atoms in total. The van der Waals surface area contributed by atoms with Gasteiger partial charge >= 0.3 is 0 Å². The van der Waals surface area contributed by atoms with Crippen molar-refractivity contribution in [3.63, 3.8) is 0 Å². The van der Waals surface area contributed by atoms with Crippen molar-refractivity contribution in [2.75, 3.05) is 4.90 Å². The summed E-state index contributed by atoms with van der Waals surface area (Å²) in [6.07, 6.45) is 6.96. The van der Waals surface area contributed by atoms with Crippen LogP contribution in [0.15, 0.2) is 218 Å². The molecule has 0 N–H and O–H groups in total. The molecule has 58 heavy (non-hydrogen) atoms. The van der Waals surface area contributed by atoms with Crippen LogP contribution >= 0.6 is 0 Å². The Morgan fingerprint density at radius 3 is 1.48 bits per heavy atom. The SMILES string of the molecule is CC1(C)C2=C(CCC=C2)c2ccc(-c3ccc(N(c4ccc(-c5ccccc5)cc4)c4ccc(-c5ccccc5-c5ccccc5)c(-c5ccccc5)c4)cc3)cc21. The molecule has 0 spiro atoms. The van der Waals surface area contributed by atoms with Crippen LogP contribution in [0.1, 0.15) is 37.8 Å². The summed E-state index contributed by atoms with van der Waals surface area (Å²) < 4.78 is 0. The van der Waals surface area contributed by atoms with Gasteiger partial charge in [0, 0.05) is 22.5 Å². The Balaban J connectivity index is 1.09. The molecule has 2 aliphatic rings. The molecular formula is C57H45N. The summed E-state index contributed by atoms with van der Waals surface area (Å²) in [4.78, 5) is 2.40. The van der Waals surface area contributed by atoms with Crippen LogP contribution in [-0.2, 0) is 5.41 Å². The molecule has 0 fully saturated rings. The molecule has 0 aromatic heterocycles. The number of hydrogen-bond donors (Lipinski definition) is 0. The van der Waals surface area contributed by atoms with Crippen molar-refractivity contribution < 1.29 is 0 Å². The lowest BCUT2D eigenvalue weighted by Crippen LogP contribution is -2.16. The molecule has 8 aromatic rings. The first-order valence-electron chi connectivity index (χ1n) is 20.5. The third kappa shape index (κ3) is 6.39. The highest BCUT2D eigenvalue weighted by molar-refractivity contribution is 5.94. The fourth-order valence-corrected chi connectivity index (χ4v) is 9.21. The maximum absolute atomic E-state index is 2.44. The summed E-state index contributed by atoms with van der Waals surface area (Å²) in [6.45, 7) is 4.76. The second kappa shape index (κ2) is 14.8. The lowest BCUT2D eigenvalue weighted by Gasteiger charge is -2.27. The Morgan fingerprint density at radius 2 is 0.845 bits per heavy atom. The van der Waals surface area contributed by atoms with E-state index in [1.807, 2.05) is 0 Å². The average Bonchev–Trinajstić information content (AvgIpc) is 3.53. The predicted octanol–water partition coefficient (Wildman–Crippen LogP) is 15.9. The molecule has 0 aliphatic heterocycles. The van der Waals surface area contributed by atoms with Crippen molar-refractivity contribution in [2.24, 2.45) is 0 Å². The largest absolute Gasteiger partial charge is 0.310 e. The van der Waals surface area contributed by atoms with Crippen LogP contribution in [0.5, 0.6) is 0 Å². The van der Waals surface area contributed by atoms with E-state index in [1.165, 1.54) is 77.9 Å². The van der Waals surface area contributed by atoms with E-state index < -0.39 is 0 Å². The average molecular weight is 744 g/mol. The molecule has 1 heteroatoms. The monoisotopic (exact) mass is 743 g/mol.